The predicted octanol–water partition coefficient (Wildman–Crippen LogP) is 2.92. The van der Waals surface area contributed by atoms with Crippen LogP contribution < -0.4 is 10.6 Å². The molecule has 6 nitrogen and oxygen atoms in total. The van der Waals surface area contributed by atoms with Crippen LogP contribution in [0.25, 0.3) is 0 Å². The minimum absolute atomic E-state index is 0.0173. The zero-order valence-corrected chi connectivity index (χ0v) is 18.1. The number of benzene rings is 1. The Morgan fingerprint density at radius 2 is 1.83 bits per heavy atom. The lowest BCUT2D eigenvalue weighted by atomic mass is 9.82. The number of ketones is 1. The first kappa shape index (κ1) is 22.9. The molecule has 0 spiro atoms. The molecule has 1 heterocycles. The number of nitrogens with one attached hydrogen (secondary N) is 2. The highest BCUT2D eigenvalue weighted by Gasteiger charge is 2.69. The van der Waals surface area contributed by atoms with Gasteiger partial charge in [-0.3, -0.25) is 14.8 Å². The van der Waals surface area contributed by atoms with Crippen LogP contribution in [0, 0.1) is 23.0 Å². The van der Waals surface area contributed by atoms with Crippen molar-refractivity contribution < 1.29 is 19.9 Å². The standard InChI is InChI=1S/C24H36N2O4/c1-2-3-4-5-6-7-11-14-19-21(23(28)29)22(19)24(20(27)17-26(30)25-24)16-15-18-12-9-8-10-13-18/h8-10,12-13,19,21-22,25-26H,2-7,11,14-17H2,1H3,(H,28,29). The van der Waals surface area contributed by atoms with Gasteiger partial charge in [0.2, 0.25) is 5.78 Å². The lowest BCUT2D eigenvalue weighted by molar-refractivity contribution is -0.883. The molecule has 1 aromatic rings. The number of carbonyl (C=O) groups is 2. The highest BCUT2D eigenvalue weighted by Crippen LogP contribution is 2.57. The maximum atomic E-state index is 12.9. The van der Waals surface area contributed by atoms with Crippen molar-refractivity contribution in [2.45, 2.75) is 76.7 Å². The molecule has 5 atom stereocenters. The number of hydrogen-bond donors (Lipinski definition) is 3. The van der Waals surface area contributed by atoms with Crippen molar-refractivity contribution in [1.29, 1.82) is 0 Å². The van der Waals surface area contributed by atoms with E-state index in [-0.39, 0.29) is 29.3 Å². The maximum Gasteiger partial charge on any atom is 0.307 e. The quantitative estimate of drug-likeness (QED) is 0.340. The van der Waals surface area contributed by atoms with Gasteiger partial charge in [-0.05, 0) is 30.7 Å². The summed E-state index contributed by atoms with van der Waals surface area (Å²) in [6.45, 7) is 2.08. The van der Waals surface area contributed by atoms with Gasteiger partial charge in [0.05, 0.1) is 5.92 Å². The number of carboxylic acid groups (broad SMARTS) is 1. The van der Waals surface area contributed by atoms with Gasteiger partial charge in [-0.2, -0.15) is 5.43 Å². The fourth-order valence-electron chi connectivity index (χ4n) is 5.37. The number of quaternary nitrogens is 1. The molecule has 1 aromatic carbocycles. The Hall–Kier alpha value is -1.76. The number of carbonyl (C=O) groups excluding carboxylic acids is 1. The van der Waals surface area contributed by atoms with Crippen molar-refractivity contribution in [2.75, 3.05) is 6.54 Å². The van der Waals surface area contributed by atoms with Gasteiger partial charge in [-0.15, -0.1) is 0 Å². The van der Waals surface area contributed by atoms with E-state index in [1.807, 2.05) is 30.3 Å². The van der Waals surface area contributed by atoms with Gasteiger partial charge < -0.3 is 10.3 Å². The van der Waals surface area contributed by atoms with Crippen LogP contribution in [0.5, 0.6) is 0 Å². The summed E-state index contributed by atoms with van der Waals surface area (Å²) in [6.07, 6.45) is 10.2. The summed E-state index contributed by atoms with van der Waals surface area (Å²) in [5.41, 5.74) is 3.02. The van der Waals surface area contributed by atoms with Crippen molar-refractivity contribution in [3.8, 4) is 0 Å². The largest absolute Gasteiger partial charge is 0.613 e. The molecule has 1 aliphatic carbocycles. The summed E-state index contributed by atoms with van der Waals surface area (Å²) in [7, 11) is 0. The van der Waals surface area contributed by atoms with Gasteiger partial charge in [-0.25, -0.2) is 0 Å². The van der Waals surface area contributed by atoms with Crippen LogP contribution in [-0.4, -0.2) is 28.9 Å². The fourth-order valence-corrected chi connectivity index (χ4v) is 5.37. The molecule has 5 unspecified atom stereocenters. The number of Topliss-reactive ketones (excluding diaryl/α,β-unsaturated/α-hetero) is 1. The topological polar surface area (TPSA) is 93.9 Å². The molecule has 0 radical (unpaired) electrons. The summed E-state index contributed by atoms with van der Waals surface area (Å²) >= 11 is 0. The molecule has 6 heteroatoms. The van der Waals surface area contributed by atoms with Gasteiger partial charge in [0, 0.05) is 5.92 Å². The molecule has 0 bridgehead atoms. The average molecular weight is 417 g/mol. The Morgan fingerprint density at radius 1 is 1.17 bits per heavy atom. The number of unbranched alkanes of at least 4 members (excludes halogenated alkanes) is 6. The first-order chi connectivity index (χ1) is 14.5. The van der Waals surface area contributed by atoms with Gasteiger partial charge in [0.1, 0.15) is 5.54 Å². The Kier molecular flexibility index (Phi) is 8.03. The molecule has 3 N–H and O–H groups in total. The van der Waals surface area contributed by atoms with Crippen molar-refractivity contribution in [3.05, 3.63) is 41.1 Å². The van der Waals surface area contributed by atoms with Crippen LogP contribution in [0.15, 0.2) is 30.3 Å². The van der Waals surface area contributed by atoms with E-state index in [0.29, 0.717) is 12.8 Å². The highest BCUT2D eigenvalue weighted by atomic mass is 16.5. The van der Waals surface area contributed by atoms with Crippen molar-refractivity contribution in [3.63, 3.8) is 0 Å². The monoisotopic (exact) mass is 416 g/mol. The Morgan fingerprint density at radius 3 is 2.43 bits per heavy atom. The van der Waals surface area contributed by atoms with E-state index >= 15 is 0 Å². The van der Waals surface area contributed by atoms with Gasteiger partial charge in [0.15, 0.2) is 6.54 Å². The number of rotatable bonds is 13. The minimum Gasteiger partial charge on any atom is -0.613 e. The molecular formula is C24H36N2O4. The zero-order chi connectivity index (χ0) is 21.6. The lowest BCUT2D eigenvalue weighted by Gasteiger charge is -2.28. The Labute approximate surface area is 179 Å². The van der Waals surface area contributed by atoms with Crippen molar-refractivity contribution in [1.82, 2.24) is 5.43 Å². The third-order valence-electron chi connectivity index (χ3n) is 7.00. The molecule has 30 heavy (non-hydrogen) atoms. The fraction of sp³-hybridized carbons (Fsp3) is 0.667. The molecule has 3 rings (SSSR count). The molecule has 166 valence electrons. The SMILES string of the molecule is CCCCCCCCCC1C(C(=O)O)C1C1(CCc2ccccc2)N[NH+]([O-])CC1=O. The summed E-state index contributed by atoms with van der Waals surface area (Å²) in [6, 6.07) is 9.87. The van der Waals surface area contributed by atoms with Crippen LogP contribution >= 0.6 is 0 Å². The molecule has 1 saturated heterocycles. The second-order valence-electron chi connectivity index (χ2n) is 9.07. The molecule has 1 saturated carbocycles. The van der Waals surface area contributed by atoms with Crippen LogP contribution in [0.1, 0.15) is 70.3 Å². The van der Waals surface area contributed by atoms with E-state index in [1.165, 1.54) is 32.1 Å². The molecule has 1 aliphatic heterocycles. The van der Waals surface area contributed by atoms with E-state index in [9.17, 15) is 19.9 Å². The normalized spacial score (nSPS) is 30.5. The van der Waals surface area contributed by atoms with E-state index < -0.39 is 17.4 Å². The van der Waals surface area contributed by atoms with Crippen molar-refractivity contribution >= 4 is 11.8 Å². The average Bonchev–Trinajstić information content (AvgIpc) is 3.38. The molecule has 2 aliphatic rings. The smallest absolute Gasteiger partial charge is 0.307 e. The van der Waals surface area contributed by atoms with E-state index in [2.05, 4.69) is 12.3 Å². The second-order valence-corrected chi connectivity index (χ2v) is 9.07. The molecule has 2 fully saturated rings. The van der Waals surface area contributed by atoms with Crippen LogP contribution in [0.2, 0.25) is 0 Å². The van der Waals surface area contributed by atoms with Crippen LogP contribution in [0.3, 0.4) is 0 Å². The molecular weight excluding hydrogens is 380 g/mol. The summed E-state index contributed by atoms with van der Waals surface area (Å²) in [5.74, 6) is -1.78. The number of hydroxylamine groups is 1. The number of carboxylic acids is 1. The van der Waals surface area contributed by atoms with Gasteiger partial charge in [0.25, 0.3) is 0 Å². The first-order valence-electron chi connectivity index (χ1n) is 11.6. The lowest BCUT2D eigenvalue weighted by Crippen LogP contribution is -3.13. The molecule has 0 aromatic heterocycles. The van der Waals surface area contributed by atoms with Gasteiger partial charge >= 0.3 is 5.97 Å². The summed E-state index contributed by atoms with van der Waals surface area (Å²) in [5, 5.41) is 21.6. The van der Waals surface area contributed by atoms with Crippen LogP contribution in [0.4, 0.5) is 0 Å². The van der Waals surface area contributed by atoms with E-state index in [0.717, 1.165) is 24.8 Å². The zero-order valence-electron chi connectivity index (χ0n) is 18.1. The van der Waals surface area contributed by atoms with Crippen molar-refractivity contribution in [2.24, 2.45) is 17.8 Å². The van der Waals surface area contributed by atoms with E-state index in [4.69, 9.17) is 0 Å². The van der Waals surface area contributed by atoms with E-state index in [1.54, 1.807) is 0 Å². The molecule has 0 amide bonds. The number of aryl methyl sites for hydroxylation is 1. The summed E-state index contributed by atoms with van der Waals surface area (Å²) < 4.78 is 0. The Bertz CT molecular complexity index is 710. The van der Waals surface area contributed by atoms with Gasteiger partial charge in [-0.1, -0.05) is 82.2 Å². The third-order valence-corrected chi connectivity index (χ3v) is 7.00. The number of hydrogen-bond acceptors (Lipinski definition) is 4. The Balaban J connectivity index is 1.63. The third kappa shape index (κ3) is 5.29. The minimum atomic E-state index is -1.01. The maximum absolute atomic E-state index is 12.9. The highest BCUT2D eigenvalue weighted by molar-refractivity contribution is 5.92. The first-order valence-corrected chi connectivity index (χ1v) is 11.6. The summed E-state index contributed by atoms with van der Waals surface area (Å²) in [4.78, 5) is 24.9. The van der Waals surface area contributed by atoms with Crippen LogP contribution in [-0.2, 0) is 16.0 Å². The second kappa shape index (κ2) is 10.5. The number of aliphatic carboxylic acids is 1. The predicted molar refractivity (Wildman–Crippen MR) is 116 cm³/mol.